The van der Waals surface area contributed by atoms with Crippen LogP contribution >= 0.6 is 11.6 Å². The van der Waals surface area contributed by atoms with Gasteiger partial charge in [-0.3, -0.25) is 0 Å². The zero-order chi connectivity index (χ0) is 10.5. The SMILES string of the molecule is Clc1nccnc1NCCc1cnc[nH]1. The van der Waals surface area contributed by atoms with Crippen molar-refractivity contribution in [2.45, 2.75) is 6.42 Å². The highest BCUT2D eigenvalue weighted by atomic mass is 35.5. The Hall–Kier alpha value is -1.62. The lowest BCUT2D eigenvalue weighted by atomic mass is 10.3. The van der Waals surface area contributed by atoms with E-state index in [-0.39, 0.29) is 0 Å². The minimum absolute atomic E-state index is 0.391. The van der Waals surface area contributed by atoms with Crippen LogP contribution in [0.15, 0.2) is 24.9 Å². The number of nitrogens with zero attached hydrogens (tertiary/aromatic N) is 3. The van der Waals surface area contributed by atoms with E-state index in [2.05, 4.69) is 25.3 Å². The highest BCUT2D eigenvalue weighted by Gasteiger charge is 2.00. The summed E-state index contributed by atoms with van der Waals surface area (Å²) in [4.78, 5) is 14.9. The maximum absolute atomic E-state index is 5.83. The van der Waals surface area contributed by atoms with Gasteiger partial charge in [-0.25, -0.2) is 15.0 Å². The summed E-state index contributed by atoms with van der Waals surface area (Å²) in [5.41, 5.74) is 1.07. The number of halogens is 1. The number of aromatic nitrogens is 4. The van der Waals surface area contributed by atoms with Gasteiger partial charge in [-0.15, -0.1) is 0 Å². The maximum Gasteiger partial charge on any atom is 0.171 e. The van der Waals surface area contributed by atoms with E-state index in [0.29, 0.717) is 11.0 Å². The van der Waals surface area contributed by atoms with E-state index in [1.165, 1.54) is 0 Å². The number of H-pyrrole nitrogens is 1. The van der Waals surface area contributed by atoms with Crippen LogP contribution < -0.4 is 5.32 Å². The van der Waals surface area contributed by atoms with Gasteiger partial charge < -0.3 is 10.3 Å². The van der Waals surface area contributed by atoms with Gasteiger partial charge in [0.1, 0.15) is 0 Å². The first kappa shape index (κ1) is 9.92. The Morgan fingerprint density at radius 1 is 1.33 bits per heavy atom. The smallest absolute Gasteiger partial charge is 0.171 e. The summed E-state index contributed by atoms with van der Waals surface area (Å²) < 4.78 is 0. The summed E-state index contributed by atoms with van der Waals surface area (Å²) in [6.45, 7) is 0.737. The molecule has 0 saturated heterocycles. The Bertz CT molecular complexity index is 414. The van der Waals surface area contributed by atoms with Crippen molar-refractivity contribution in [1.82, 2.24) is 19.9 Å². The molecule has 0 amide bonds. The number of hydrogen-bond acceptors (Lipinski definition) is 4. The van der Waals surface area contributed by atoms with Gasteiger partial charge in [0.2, 0.25) is 0 Å². The van der Waals surface area contributed by atoms with Gasteiger partial charge >= 0.3 is 0 Å². The topological polar surface area (TPSA) is 66.5 Å². The number of aromatic amines is 1. The molecule has 0 aliphatic carbocycles. The van der Waals surface area contributed by atoms with Crippen molar-refractivity contribution in [1.29, 1.82) is 0 Å². The van der Waals surface area contributed by atoms with Gasteiger partial charge in [0.15, 0.2) is 11.0 Å². The van der Waals surface area contributed by atoms with Crippen molar-refractivity contribution in [2.75, 3.05) is 11.9 Å². The number of imidazole rings is 1. The zero-order valence-electron chi connectivity index (χ0n) is 7.94. The molecule has 0 aromatic carbocycles. The van der Waals surface area contributed by atoms with Crippen LogP contribution in [0.1, 0.15) is 5.69 Å². The molecule has 0 bridgehead atoms. The fourth-order valence-corrected chi connectivity index (χ4v) is 1.35. The second kappa shape index (κ2) is 4.75. The zero-order valence-corrected chi connectivity index (χ0v) is 8.70. The molecule has 0 saturated carbocycles. The largest absolute Gasteiger partial charge is 0.367 e. The summed E-state index contributed by atoms with van der Waals surface area (Å²) in [5, 5.41) is 3.49. The van der Waals surface area contributed by atoms with Gasteiger partial charge in [0, 0.05) is 37.3 Å². The third kappa shape index (κ3) is 2.66. The van der Waals surface area contributed by atoms with Crippen LogP contribution in [0.4, 0.5) is 5.82 Å². The lowest BCUT2D eigenvalue weighted by Crippen LogP contribution is -2.07. The van der Waals surface area contributed by atoms with E-state index >= 15 is 0 Å². The first-order valence-corrected chi connectivity index (χ1v) is 4.91. The monoisotopic (exact) mass is 223 g/mol. The average Bonchev–Trinajstić information content (AvgIpc) is 2.74. The summed E-state index contributed by atoms with van der Waals surface area (Å²) in [6, 6.07) is 0. The van der Waals surface area contributed by atoms with Crippen LogP contribution in [0.2, 0.25) is 5.15 Å². The number of nitrogens with one attached hydrogen (secondary N) is 2. The first-order chi connectivity index (χ1) is 7.36. The van der Waals surface area contributed by atoms with Crippen LogP contribution in [0.5, 0.6) is 0 Å². The molecule has 0 radical (unpaired) electrons. The summed E-state index contributed by atoms with van der Waals surface area (Å²) in [5.74, 6) is 0.610. The van der Waals surface area contributed by atoms with Crippen molar-refractivity contribution in [3.8, 4) is 0 Å². The Labute approximate surface area is 91.9 Å². The normalized spacial score (nSPS) is 10.2. The Morgan fingerprint density at radius 3 is 2.93 bits per heavy atom. The summed E-state index contributed by atoms with van der Waals surface area (Å²) in [7, 11) is 0. The molecule has 0 atom stereocenters. The highest BCUT2D eigenvalue weighted by molar-refractivity contribution is 6.31. The molecule has 0 aliphatic rings. The fraction of sp³-hybridized carbons (Fsp3) is 0.222. The predicted octanol–water partition coefficient (Wildman–Crippen LogP) is 1.51. The Balaban J connectivity index is 1.86. The van der Waals surface area contributed by atoms with Crippen molar-refractivity contribution >= 4 is 17.4 Å². The van der Waals surface area contributed by atoms with Crippen LogP contribution in [0.25, 0.3) is 0 Å². The van der Waals surface area contributed by atoms with E-state index < -0.39 is 0 Å². The second-order valence-electron chi connectivity index (χ2n) is 2.95. The summed E-state index contributed by atoms with van der Waals surface area (Å²) >= 11 is 5.83. The molecule has 0 fully saturated rings. The molecular formula is C9H10ClN5. The van der Waals surface area contributed by atoms with E-state index in [9.17, 15) is 0 Å². The first-order valence-electron chi connectivity index (χ1n) is 4.54. The molecule has 0 unspecified atom stereocenters. The minimum Gasteiger partial charge on any atom is -0.367 e. The quantitative estimate of drug-likeness (QED) is 0.825. The van der Waals surface area contributed by atoms with Crippen molar-refractivity contribution in [3.05, 3.63) is 35.8 Å². The standard InChI is InChI=1S/C9H10ClN5/c10-8-9(14-4-3-12-8)13-2-1-7-5-11-6-15-7/h3-6H,1-2H2,(H,11,15)(H,13,14). The second-order valence-corrected chi connectivity index (χ2v) is 3.31. The van der Waals surface area contributed by atoms with Gasteiger partial charge in [0.05, 0.1) is 6.33 Å². The molecule has 2 aromatic rings. The predicted molar refractivity (Wildman–Crippen MR) is 57.8 cm³/mol. The molecule has 6 heteroatoms. The minimum atomic E-state index is 0.391. The van der Waals surface area contributed by atoms with Crippen LogP contribution in [0.3, 0.4) is 0 Å². The Kier molecular flexibility index (Phi) is 3.14. The summed E-state index contributed by atoms with van der Waals surface area (Å²) in [6.07, 6.45) is 7.45. The Morgan fingerprint density at radius 2 is 2.20 bits per heavy atom. The van der Waals surface area contributed by atoms with Gasteiger partial charge in [-0.2, -0.15) is 0 Å². The van der Waals surface area contributed by atoms with Crippen molar-refractivity contribution in [3.63, 3.8) is 0 Å². The van der Waals surface area contributed by atoms with Gasteiger partial charge in [0.25, 0.3) is 0 Å². The third-order valence-corrected chi connectivity index (χ3v) is 2.17. The van der Waals surface area contributed by atoms with Crippen molar-refractivity contribution < 1.29 is 0 Å². The van der Waals surface area contributed by atoms with Crippen LogP contribution in [0, 0.1) is 0 Å². The van der Waals surface area contributed by atoms with E-state index in [1.54, 1.807) is 24.9 Å². The van der Waals surface area contributed by atoms with Gasteiger partial charge in [-0.05, 0) is 0 Å². The molecule has 15 heavy (non-hydrogen) atoms. The van der Waals surface area contributed by atoms with Gasteiger partial charge in [-0.1, -0.05) is 11.6 Å². The highest BCUT2D eigenvalue weighted by Crippen LogP contribution is 2.13. The maximum atomic E-state index is 5.83. The van der Waals surface area contributed by atoms with E-state index in [1.807, 2.05) is 0 Å². The average molecular weight is 224 g/mol. The molecule has 0 spiro atoms. The van der Waals surface area contributed by atoms with Crippen molar-refractivity contribution in [2.24, 2.45) is 0 Å². The van der Waals surface area contributed by atoms with E-state index in [0.717, 1.165) is 18.7 Å². The molecule has 5 nitrogen and oxygen atoms in total. The van der Waals surface area contributed by atoms with Crippen LogP contribution in [-0.4, -0.2) is 26.5 Å². The fourth-order valence-electron chi connectivity index (χ4n) is 1.18. The molecule has 2 N–H and O–H groups in total. The van der Waals surface area contributed by atoms with E-state index in [4.69, 9.17) is 11.6 Å². The number of anilines is 1. The molecule has 2 rings (SSSR count). The molecule has 2 heterocycles. The number of hydrogen-bond donors (Lipinski definition) is 2. The molecule has 78 valence electrons. The third-order valence-electron chi connectivity index (χ3n) is 1.90. The van der Waals surface area contributed by atoms with Crippen LogP contribution in [-0.2, 0) is 6.42 Å². The lowest BCUT2D eigenvalue weighted by molar-refractivity contribution is 0.964. The number of rotatable bonds is 4. The molecule has 0 aliphatic heterocycles. The lowest BCUT2D eigenvalue weighted by Gasteiger charge is -2.04. The molecule has 2 aromatic heterocycles. The molecular weight excluding hydrogens is 214 g/mol.